The summed E-state index contributed by atoms with van der Waals surface area (Å²) < 4.78 is 36.3. The molecule has 2 aromatic heterocycles. The zero-order chi connectivity index (χ0) is 25.4. The molecule has 196 valence electrons. The monoisotopic (exact) mass is 508 g/mol. The molecule has 0 N–H and O–H groups in total. The average Bonchev–Trinajstić information content (AvgIpc) is 3.81. The zero-order valence-electron chi connectivity index (χ0n) is 21.1. The molecule has 0 bridgehead atoms. The van der Waals surface area contributed by atoms with Gasteiger partial charge in [0.05, 0.1) is 18.4 Å². The van der Waals surface area contributed by atoms with E-state index in [0.29, 0.717) is 18.4 Å². The Labute approximate surface area is 215 Å². The molecular weight excluding hydrogens is 474 g/mol. The van der Waals surface area contributed by atoms with E-state index in [1.807, 2.05) is 10.7 Å². The van der Waals surface area contributed by atoms with Crippen molar-refractivity contribution in [3.8, 4) is 5.75 Å². The van der Waals surface area contributed by atoms with Crippen molar-refractivity contribution in [1.29, 1.82) is 0 Å². The van der Waals surface area contributed by atoms with Crippen molar-refractivity contribution in [1.82, 2.24) is 19.6 Å². The highest BCUT2D eigenvalue weighted by atomic mass is 19.1. The number of ether oxygens (including phenoxy) is 1. The molecule has 4 atom stereocenters. The van der Waals surface area contributed by atoms with Gasteiger partial charge in [-0.25, -0.2) is 18.3 Å². The van der Waals surface area contributed by atoms with Gasteiger partial charge in [-0.2, -0.15) is 5.10 Å². The molecule has 0 radical (unpaired) electrons. The van der Waals surface area contributed by atoms with Crippen LogP contribution in [0.4, 0.5) is 8.78 Å². The van der Waals surface area contributed by atoms with Crippen molar-refractivity contribution in [2.45, 2.75) is 76.5 Å². The predicted octanol–water partition coefficient (Wildman–Crippen LogP) is 6.54. The highest BCUT2D eigenvalue weighted by molar-refractivity contribution is 5.99. The van der Waals surface area contributed by atoms with E-state index >= 15 is 0 Å². The van der Waals surface area contributed by atoms with Gasteiger partial charge in [-0.1, -0.05) is 32.1 Å². The van der Waals surface area contributed by atoms with Crippen molar-refractivity contribution in [3.05, 3.63) is 53.7 Å². The topological polar surface area (TPSA) is 69.4 Å². The number of carbonyl (C=O) groups is 1. The van der Waals surface area contributed by atoms with Gasteiger partial charge in [-0.05, 0) is 56.3 Å². The van der Waals surface area contributed by atoms with Crippen molar-refractivity contribution >= 4 is 11.4 Å². The number of nitrogens with zero attached hydrogens (tertiary/aromatic N) is 4. The number of benzene rings is 1. The summed E-state index contributed by atoms with van der Waals surface area (Å²) in [6.45, 7) is 0.444. The van der Waals surface area contributed by atoms with Crippen molar-refractivity contribution in [2.75, 3.05) is 6.61 Å². The number of ketones is 1. The van der Waals surface area contributed by atoms with Crippen molar-refractivity contribution in [2.24, 2.45) is 23.7 Å². The quantitative estimate of drug-likeness (QED) is 0.323. The Kier molecular flexibility index (Phi) is 6.91. The van der Waals surface area contributed by atoms with Gasteiger partial charge in [-0.15, -0.1) is 0 Å². The molecule has 6 rings (SSSR count). The smallest absolute Gasteiger partial charge is 0.173 e. The number of Topliss-reactive ketones (excluding diaryl/α,β-unsaturated/α-hetero) is 1. The van der Waals surface area contributed by atoms with Crippen LogP contribution in [0, 0.1) is 35.3 Å². The fourth-order valence-corrected chi connectivity index (χ4v) is 6.26. The van der Waals surface area contributed by atoms with E-state index in [2.05, 4.69) is 4.98 Å². The number of aromatic nitrogens is 4. The number of halogens is 2. The summed E-state index contributed by atoms with van der Waals surface area (Å²) in [6.07, 6.45) is 17.3. The lowest BCUT2D eigenvalue weighted by molar-refractivity contribution is 0.0959. The SMILES string of the molecule is O=C(c1c(F)cc(OCCC2CC2C2CCCCC(c3nc4cnccn4n3)CCC2)cc1F)C1CC1. The summed E-state index contributed by atoms with van der Waals surface area (Å²) in [6, 6.07) is 2.32. The second-order valence-electron chi connectivity index (χ2n) is 11.2. The normalized spacial score (nSPS) is 26.3. The van der Waals surface area contributed by atoms with E-state index < -0.39 is 23.0 Å². The third-order valence-corrected chi connectivity index (χ3v) is 8.58. The average molecular weight is 509 g/mol. The van der Waals surface area contributed by atoms with Gasteiger partial charge in [0.2, 0.25) is 0 Å². The minimum Gasteiger partial charge on any atom is -0.493 e. The van der Waals surface area contributed by atoms with Gasteiger partial charge in [0.15, 0.2) is 17.3 Å². The maximum Gasteiger partial charge on any atom is 0.173 e. The second-order valence-corrected chi connectivity index (χ2v) is 11.2. The van der Waals surface area contributed by atoms with Crippen LogP contribution in [0.3, 0.4) is 0 Å². The maximum absolute atomic E-state index is 14.4. The highest BCUT2D eigenvalue weighted by Crippen LogP contribution is 2.50. The van der Waals surface area contributed by atoms with Crippen LogP contribution in [0.15, 0.2) is 30.7 Å². The van der Waals surface area contributed by atoms with E-state index in [1.165, 1.54) is 38.5 Å². The molecule has 3 aliphatic rings. The number of carbonyl (C=O) groups excluding carboxylic acids is 1. The lowest BCUT2D eigenvalue weighted by Crippen LogP contribution is -2.09. The molecule has 37 heavy (non-hydrogen) atoms. The first-order valence-corrected chi connectivity index (χ1v) is 13.9. The van der Waals surface area contributed by atoms with Gasteiger partial charge in [0.25, 0.3) is 0 Å². The Bertz CT molecular complexity index is 1220. The van der Waals surface area contributed by atoms with Crippen LogP contribution in [0.1, 0.15) is 92.7 Å². The third kappa shape index (κ3) is 5.53. The number of hydrogen-bond donors (Lipinski definition) is 0. The van der Waals surface area contributed by atoms with Crippen LogP contribution in [-0.4, -0.2) is 32.0 Å². The third-order valence-electron chi connectivity index (χ3n) is 8.58. The summed E-state index contributed by atoms with van der Waals surface area (Å²) in [4.78, 5) is 21.0. The standard InChI is InChI=1S/C29H34F2N4O2/c30-24-15-22(16-25(31)27(24)28(36)19-8-9-19)37-13-10-21-14-23(21)18-4-1-2-5-20(7-3-6-18)29-33-26-17-32-11-12-35(26)34-29/h11-12,15-21,23H,1-10,13-14H2. The van der Waals surface area contributed by atoms with E-state index in [0.717, 1.165) is 67.5 Å². The number of hydrogen-bond acceptors (Lipinski definition) is 5. The van der Waals surface area contributed by atoms with Gasteiger partial charge >= 0.3 is 0 Å². The van der Waals surface area contributed by atoms with E-state index in [-0.39, 0.29) is 11.7 Å². The summed E-state index contributed by atoms with van der Waals surface area (Å²) >= 11 is 0. The summed E-state index contributed by atoms with van der Waals surface area (Å²) in [5.74, 6) is 1.37. The van der Waals surface area contributed by atoms with E-state index in [4.69, 9.17) is 14.8 Å². The lowest BCUT2D eigenvalue weighted by Gasteiger charge is -2.16. The van der Waals surface area contributed by atoms with Crippen LogP contribution in [0.5, 0.6) is 5.75 Å². The molecule has 2 heterocycles. The molecule has 6 nitrogen and oxygen atoms in total. The molecule has 3 aliphatic carbocycles. The van der Waals surface area contributed by atoms with E-state index in [1.54, 1.807) is 12.4 Å². The summed E-state index contributed by atoms with van der Waals surface area (Å²) in [5, 5.41) is 4.70. The second kappa shape index (κ2) is 10.5. The Balaban J connectivity index is 0.977. The molecular formula is C29H34F2N4O2. The first kappa shape index (κ1) is 24.4. The lowest BCUT2D eigenvalue weighted by atomic mass is 9.90. The molecule has 0 spiro atoms. The van der Waals surface area contributed by atoms with Crippen LogP contribution in [-0.2, 0) is 0 Å². The van der Waals surface area contributed by atoms with Crippen molar-refractivity contribution < 1.29 is 18.3 Å². The summed E-state index contributed by atoms with van der Waals surface area (Å²) in [5.41, 5.74) is 0.403. The summed E-state index contributed by atoms with van der Waals surface area (Å²) in [7, 11) is 0. The Hall–Kier alpha value is -2.90. The van der Waals surface area contributed by atoms with Gasteiger partial charge in [0, 0.05) is 36.4 Å². The maximum atomic E-state index is 14.4. The number of rotatable bonds is 8. The fraction of sp³-hybridized carbons (Fsp3) is 0.586. The zero-order valence-corrected chi connectivity index (χ0v) is 21.1. The molecule has 0 saturated heterocycles. The van der Waals surface area contributed by atoms with Crippen LogP contribution < -0.4 is 4.74 Å². The molecule has 4 unspecified atom stereocenters. The van der Waals surface area contributed by atoms with Gasteiger partial charge in [-0.3, -0.25) is 9.78 Å². The first-order chi connectivity index (χ1) is 18.1. The molecule has 3 aromatic rings. The highest BCUT2D eigenvalue weighted by Gasteiger charge is 2.42. The molecule has 1 aromatic carbocycles. The first-order valence-electron chi connectivity index (χ1n) is 13.9. The molecule has 0 amide bonds. The molecule has 8 heteroatoms. The van der Waals surface area contributed by atoms with Gasteiger partial charge < -0.3 is 4.74 Å². The minimum absolute atomic E-state index is 0.171. The Morgan fingerprint density at radius 2 is 1.78 bits per heavy atom. The van der Waals surface area contributed by atoms with Crippen molar-refractivity contribution in [3.63, 3.8) is 0 Å². The van der Waals surface area contributed by atoms with Crippen LogP contribution >= 0.6 is 0 Å². The molecule has 3 saturated carbocycles. The molecule has 3 fully saturated rings. The largest absolute Gasteiger partial charge is 0.493 e. The van der Waals surface area contributed by atoms with Gasteiger partial charge in [0.1, 0.15) is 17.4 Å². The van der Waals surface area contributed by atoms with Crippen LogP contribution in [0.2, 0.25) is 0 Å². The Morgan fingerprint density at radius 3 is 2.57 bits per heavy atom. The predicted molar refractivity (Wildman–Crippen MR) is 134 cm³/mol. The Morgan fingerprint density at radius 1 is 1.03 bits per heavy atom. The molecule has 0 aliphatic heterocycles. The minimum atomic E-state index is -0.810. The number of fused-ring (bicyclic) bond motifs is 1. The van der Waals surface area contributed by atoms with Crippen LogP contribution in [0.25, 0.3) is 5.65 Å². The van der Waals surface area contributed by atoms with E-state index in [9.17, 15) is 13.6 Å². The fourth-order valence-electron chi connectivity index (χ4n) is 6.26.